The predicted molar refractivity (Wildman–Crippen MR) is 95.9 cm³/mol. The number of nitrogens with zero attached hydrogens (tertiary/aromatic N) is 2. The first-order valence-corrected chi connectivity index (χ1v) is 8.17. The lowest BCUT2D eigenvalue weighted by atomic mass is 10.00. The van der Waals surface area contributed by atoms with E-state index in [1.807, 2.05) is 41.1 Å². The molecule has 1 N–H and O–H groups in total. The first kappa shape index (κ1) is 16.1. The van der Waals surface area contributed by atoms with Gasteiger partial charge in [0.25, 0.3) is 0 Å². The molecule has 0 radical (unpaired) electrons. The second-order valence-corrected chi connectivity index (χ2v) is 5.83. The molecule has 0 bridgehead atoms. The molecule has 0 aliphatic carbocycles. The van der Waals surface area contributed by atoms with Crippen LogP contribution in [0.15, 0.2) is 48.5 Å². The summed E-state index contributed by atoms with van der Waals surface area (Å²) in [5.74, 6) is 0.896. The highest BCUT2D eigenvalue weighted by Crippen LogP contribution is 2.35. The minimum absolute atomic E-state index is 0.103. The molecule has 124 valence electrons. The molecule has 3 aromatic rings. The molecule has 0 aliphatic heterocycles. The van der Waals surface area contributed by atoms with Gasteiger partial charge in [0.2, 0.25) is 5.88 Å². The SMILES string of the molecule is CCCc1c(O)nn(-c2ccc(OC)cc2)c1-c1ccccc1C. The summed E-state index contributed by atoms with van der Waals surface area (Å²) < 4.78 is 7.05. The van der Waals surface area contributed by atoms with E-state index in [0.29, 0.717) is 0 Å². The fraction of sp³-hybridized carbons (Fsp3) is 0.250. The summed E-state index contributed by atoms with van der Waals surface area (Å²) in [6.45, 7) is 4.18. The Bertz CT molecular complexity index is 835. The van der Waals surface area contributed by atoms with E-state index in [0.717, 1.165) is 46.7 Å². The van der Waals surface area contributed by atoms with Gasteiger partial charge in [-0.15, -0.1) is 5.10 Å². The molecule has 4 heteroatoms. The van der Waals surface area contributed by atoms with Crippen molar-refractivity contribution >= 4 is 0 Å². The lowest BCUT2D eigenvalue weighted by Crippen LogP contribution is -2.01. The minimum atomic E-state index is 0.103. The van der Waals surface area contributed by atoms with Crippen molar-refractivity contribution in [2.45, 2.75) is 26.7 Å². The van der Waals surface area contributed by atoms with Crippen LogP contribution in [-0.4, -0.2) is 22.0 Å². The molecule has 1 heterocycles. The molecule has 3 rings (SSSR count). The highest BCUT2D eigenvalue weighted by Gasteiger charge is 2.20. The van der Waals surface area contributed by atoms with Gasteiger partial charge in [-0.05, 0) is 43.2 Å². The Balaban J connectivity index is 2.22. The maximum absolute atomic E-state index is 10.4. The average molecular weight is 322 g/mol. The monoisotopic (exact) mass is 322 g/mol. The Kier molecular flexibility index (Phi) is 4.56. The molecule has 0 amide bonds. The Hall–Kier alpha value is -2.75. The van der Waals surface area contributed by atoms with Crippen LogP contribution in [0, 0.1) is 6.92 Å². The van der Waals surface area contributed by atoms with Gasteiger partial charge in [0.05, 0.1) is 18.5 Å². The summed E-state index contributed by atoms with van der Waals surface area (Å²) in [7, 11) is 1.65. The van der Waals surface area contributed by atoms with E-state index in [9.17, 15) is 5.11 Å². The van der Waals surface area contributed by atoms with Crippen molar-refractivity contribution in [3.8, 4) is 28.6 Å². The summed E-state index contributed by atoms with van der Waals surface area (Å²) in [5.41, 5.74) is 4.99. The first-order chi connectivity index (χ1) is 11.7. The molecule has 0 fully saturated rings. The topological polar surface area (TPSA) is 47.3 Å². The van der Waals surface area contributed by atoms with E-state index in [4.69, 9.17) is 4.74 Å². The third-order valence-electron chi connectivity index (χ3n) is 4.18. The van der Waals surface area contributed by atoms with E-state index in [1.165, 1.54) is 0 Å². The fourth-order valence-electron chi connectivity index (χ4n) is 2.94. The van der Waals surface area contributed by atoms with Crippen molar-refractivity contribution in [1.82, 2.24) is 9.78 Å². The molecular weight excluding hydrogens is 300 g/mol. The molecule has 2 aromatic carbocycles. The Labute approximate surface area is 142 Å². The van der Waals surface area contributed by atoms with Gasteiger partial charge in [0, 0.05) is 11.1 Å². The lowest BCUT2D eigenvalue weighted by molar-refractivity contribution is 0.414. The molecule has 4 nitrogen and oxygen atoms in total. The number of aryl methyl sites for hydroxylation is 1. The maximum atomic E-state index is 10.4. The first-order valence-electron chi connectivity index (χ1n) is 8.17. The second kappa shape index (κ2) is 6.79. The predicted octanol–water partition coefficient (Wildman–Crippen LogP) is 4.51. The molecule has 1 aromatic heterocycles. The third kappa shape index (κ3) is 2.87. The van der Waals surface area contributed by atoms with Crippen LogP contribution in [-0.2, 0) is 6.42 Å². The van der Waals surface area contributed by atoms with Gasteiger partial charge in [-0.3, -0.25) is 0 Å². The number of aromatic hydroxyl groups is 1. The van der Waals surface area contributed by atoms with Crippen molar-refractivity contribution in [1.29, 1.82) is 0 Å². The Morgan fingerprint density at radius 2 is 1.79 bits per heavy atom. The van der Waals surface area contributed by atoms with Gasteiger partial charge in [-0.25, -0.2) is 4.68 Å². The van der Waals surface area contributed by atoms with Crippen molar-refractivity contribution in [3.05, 3.63) is 59.7 Å². The van der Waals surface area contributed by atoms with E-state index >= 15 is 0 Å². The van der Waals surface area contributed by atoms with Crippen LogP contribution in [0.5, 0.6) is 11.6 Å². The molecule has 24 heavy (non-hydrogen) atoms. The normalized spacial score (nSPS) is 10.8. The zero-order chi connectivity index (χ0) is 17.1. The standard InChI is InChI=1S/C20H22N2O2/c1-4-7-18-19(17-9-6-5-8-14(17)2)22(21-20(18)23)15-10-12-16(24-3)13-11-15/h5-6,8-13H,4,7H2,1-3H3,(H,21,23). The number of hydrogen-bond acceptors (Lipinski definition) is 3. The van der Waals surface area contributed by atoms with Gasteiger partial charge >= 0.3 is 0 Å². The smallest absolute Gasteiger partial charge is 0.234 e. The Morgan fingerprint density at radius 1 is 1.08 bits per heavy atom. The van der Waals surface area contributed by atoms with Crippen LogP contribution in [0.2, 0.25) is 0 Å². The van der Waals surface area contributed by atoms with E-state index in [2.05, 4.69) is 31.1 Å². The summed E-state index contributed by atoms with van der Waals surface area (Å²) in [6, 6.07) is 15.9. The number of hydrogen-bond donors (Lipinski definition) is 1. The summed E-state index contributed by atoms with van der Waals surface area (Å²) in [6.07, 6.45) is 1.73. The van der Waals surface area contributed by atoms with Crippen LogP contribution in [0.3, 0.4) is 0 Å². The average Bonchev–Trinajstić information content (AvgIpc) is 2.92. The zero-order valence-corrected chi connectivity index (χ0v) is 14.3. The number of aromatic nitrogens is 2. The molecule has 0 atom stereocenters. The molecule has 0 saturated carbocycles. The maximum Gasteiger partial charge on any atom is 0.234 e. The van der Waals surface area contributed by atoms with Gasteiger partial charge in [-0.2, -0.15) is 0 Å². The van der Waals surface area contributed by atoms with Crippen LogP contribution >= 0.6 is 0 Å². The van der Waals surface area contributed by atoms with Crippen LogP contribution in [0.4, 0.5) is 0 Å². The molecule has 0 unspecified atom stereocenters. The van der Waals surface area contributed by atoms with E-state index in [-0.39, 0.29) is 5.88 Å². The number of benzene rings is 2. The third-order valence-corrected chi connectivity index (χ3v) is 4.18. The lowest BCUT2D eigenvalue weighted by Gasteiger charge is -2.12. The van der Waals surface area contributed by atoms with Crippen LogP contribution < -0.4 is 4.74 Å². The van der Waals surface area contributed by atoms with Crippen molar-refractivity contribution in [2.75, 3.05) is 7.11 Å². The molecule has 0 spiro atoms. The molecule has 0 saturated heterocycles. The van der Waals surface area contributed by atoms with Crippen molar-refractivity contribution in [2.24, 2.45) is 0 Å². The van der Waals surface area contributed by atoms with Crippen LogP contribution in [0.1, 0.15) is 24.5 Å². The van der Waals surface area contributed by atoms with E-state index < -0.39 is 0 Å². The van der Waals surface area contributed by atoms with Gasteiger partial charge in [0.15, 0.2) is 0 Å². The van der Waals surface area contributed by atoms with Crippen molar-refractivity contribution < 1.29 is 9.84 Å². The fourth-order valence-corrected chi connectivity index (χ4v) is 2.94. The summed E-state index contributed by atoms with van der Waals surface area (Å²) in [5, 5.41) is 14.8. The quantitative estimate of drug-likeness (QED) is 0.751. The highest BCUT2D eigenvalue weighted by molar-refractivity contribution is 5.71. The molecule has 0 aliphatic rings. The number of ether oxygens (including phenoxy) is 1. The van der Waals surface area contributed by atoms with Crippen LogP contribution in [0.25, 0.3) is 16.9 Å². The Morgan fingerprint density at radius 3 is 2.42 bits per heavy atom. The number of rotatable bonds is 5. The second-order valence-electron chi connectivity index (χ2n) is 5.83. The highest BCUT2D eigenvalue weighted by atomic mass is 16.5. The zero-order valence-electron chi connectivity index (χ0n) is 14.3. The van der Waals surface area contributed by atoms with Gasteiger partial charge < -0.3 is 9.84 Å². The largest absolute Gasteiger partial charge is 0.497 e. The molecular formula is C20H22N2O2. The minimum Gasteiger partial charge on any atom is -0.497 e. The van der Waals surface area contributed by atoms with Gasteiger partial charge in [-0.1, -0.05) is 37.6 Å². The summed E-state index contributed by atoms with van der Waals surface area (Å²) >= 11 is 0. The van der Waals surface area contributed by atoms with Gasteiger partial charge in [0.1, 0.15) is 5.75 Å². The summed E-state index contributed by atoms with van der Waals surface area (Å²) in [4.78, 5) is 0. The van der Waals surface area contributed by atoms with Crippen molar-refractivity contribution in [3.63, 3.8) is 0 Å². The van der Waals surface area contributed by atoms with E-state index in [1.54, 1.807) is 7.11 Å². The number of methoxy groups -OCH3 is 1.